The van der Waals surface area contributed by atoms with Crippen LogP contribution in [0, 0.1) is 23.2 Å². The summed E-state index contributed by atoms with van der Waals surface area (Å²) < 4.78 is 61.3. The molecule has 3 aliphatic rings. The molecule has 51 heteroatoms. The van der Waals surface area contributed by atoms with Crippen molar-refractivity contribution in [1.82, 2.24) is 72.4 Å². The average molecular weight is 2040 g/mol. The zero-order valence-corrected chi connectivity index (χ0v) is 80.9. The van der Waals surface area contributed by atoms with Gasteiger partial charge < -0.3 is 106 Å². The summed E-state index contributed by atoms with van der Waals surface area (Å²) in [7, 11) is -9.74. The molecule has 4 aromatic rings. The van der Waals surface area contributed by atoms with E-state index in [4.69, 9.17) is 17.2 Å². The van der Waals surface area contributed by atoms with Gasteiger partial charge in [0.15, 0.2) is 11.6 Å². The molecule has 766 valence electrons. The number of fused-ring (bicyclic) bond motifs is 5. The highest BCUT2D eigenvalue weighted by molar-refractivity contribution is 8.00. The molecule has 3 saturated heterocycles. The highest BCUT2D eigenvalue weighted by Crippen LogP contribution is 2.29. The number of carbonyl (C=O) groups excluding carboxylic acids is 16. The number of thioether (sulfide) groups is 2. The van der Waals surface area contributed by atoms with Gasteiger partial charge in [-0.25, -0.2) is 16.8 Å². The number of amides is 13. The Morgan fingerprint density at radius 1 is 0.471 bits per heavy atom. The molecule has 47 nitrogen and oxygen atoms in total. The molecule has 140 heavy (non-hydrogen) atoms. The molecule has 3 fully saturated rings. The molecule has 0 aromatic heterocycles. The largest absolute Gasteiger partial charge is 0.508 e. The van der Waals surface area contributed by atoms with Crippen molar-refractivity contribution < 1.29 is 143 Å². The van der Waals surface area contributed by atoms with Crippen LogP contribution in [-0.4, -0.2) is 320 Å². The van der Waals surface area contributed by atoms with Gasteiger partial charge in [-0.15, -0.1) is 0 Å². The normalized spacial score (nSPS) is 27.3. The maximum Gasteiger partial charge on any atom is 0.305 e. The first-order valence-electron chi connectivity index (χ1n) is 44.6. The predicted molar refractivity (Wildman–Crippen MR) is 504 cm³/mol. The third kappa shape index (κ3) is 36.2. The Hall–Kier alpha value is -12.7. The number of rotatable bonds is 22. The number of aromatic hydroxyl groups is 1. The average Bonchev–Trinajstić information content (AvgIpc) is 1.45. The van der Waals surface area contributed by atoms with Crippen molar-refractivity contribution in [1.29, 1.82) is 0 Å². The summed E-state index contributed by atoms with van der Waals surface area (Å²) >= 11 is 1.50. The summed E-state index contributed by atoms with van der Waals surface area (Å²) in [6.07, 6.45) is -11.0. The van der Waals surface area contributed by atoms with Crippen LogP contribution in [0.2, 0.25) is 0 Å². The summed E-state index contributed by atoms with van der Waals surface area (Å²) in [5.41, 5.74) is 13.9. The van der Waals surface area contributed by atoms with Crippen LogP contribution in [0.3, 0.4) is 0 Å². The second-order valence-electron chi connectivity index (χ2n) is 35.5. The molecule has 4 aromatic carbocycles. The van der Waals surface area contributed by atoms with Crippen LogP contribution in [0.25, 0.3) is 10.8 Å². The number of hydrogen-bond donors (Lipinski definition) is 21. The summed E-state index contributed by atoms with van der Waals surface area (Å²) in [6, 6.07) is 0.915. The number of carbonyl (C=O) groups is 20. The van der Waals surface area contributed by atoms with E-state index < -0.39 is 390 Å². The number of nitrogens with zero attached hydrogens (tertiary/aromatic N) is 2. The number of hydrogen-bond acceptors (Lipinski definition) is 30. The van der Waals surface area contributed by atoms with Gasteiger partial charge in [-0.3, -0.25) is 101 Å². The van der Waals surface area contributed by atoms with Crippen molar-refractivity contribution in [2.24, 2.45) is 40.4 Å². The summed E-state index contributed by atoms with van der Waals surface area (Å²) in [5, 5.41) is 93.7. The lowest BCUT2D eigenvalue weighted by molar-refractivity contribution is -0.142. The van der Waals surface area contributed by atoms with Gasteiger partial charge >= 0.3 is 23.9 Å². The molecule has 18 unspecified atom stereocenters. The Balaban J connectivity index is 1.42. The van der Waals surface area contributed by atoms with E-state index in [0.717, 1.165) is 37.4 Å². The molecule has 0 spiro atoms. The van der Waals surface area contributed by atoms with Crippen LogP contribution < -0.4 is 81.0 Å². The summed E-state index contributed by atoms with van der Waals surface area (Å²) in [6.45, 7) is 2.67. The number of Topliss-reactive ketones (excluding diaryl/α,β-unsaturated/α-hetero) is 3. The van der Waals surface area contributed by atoms with Gasteiger partial charge in [0.25, 0.3) is 0 Å². The first-order valence-corrected chi connectivity index (χ1v) is 50.1. The van der Waals surface area contributed by atoms with E-state index in [2.05, 4.69) is 63.8 Å². The number of aliphatic hydroxyl groups is 1. The maximum absolute atomic E-state index is 15.6. The standard InChI is InChI=1S/C89H121N17O30S4/c1-47(90)67(108)38-56-44-138-30-32-140(135,136)106-28-27-105-45-89(132,46-106)93-42-66(103-78(122)49(3)94-79(123)54(35-53-17-12-16-52-15-10-11-18-58(52)53)36-68(109)59(23-25-71(112)113)96-84(128)63(39-70(91)111)98-77(121)48(2)95-80(56)124)87(131)97-60(24-26-72(114)115)81(125)101-64(40-73(116)117)85(129)100-61(33-50-13-8-7-9-14-50)82(126)99-62(34-51-19-21-57(107)22-20-51)83(127)102-65(41-74(118)119)86(130)104-75(88(4,5)6)69(110)37-55(76(92)120)43-137-29-31-139(105,133)134/h7-22,47-49,54-56,59-66,75,93,107,132H,23-46,90H2,1-6H3,(H2,91,111)(H2,92,120)(H,94,123)(H,95,124)(H,96,128)(H,97,131)(H,98,121)(H,99,126)(H,100,129)(H,101,125)(H,102,127)(H,103,122)(H,104,130)(H,112,113)(H,114,115)(H,116,117)(H,118,119). The molecular formula is C89H121N17O30S4. The van der Waals surface area contributed by atoms with Crippen molar-refractivity contribution in [3.8, 4) is 5.75 Å². The van der Waals surface area contributed by atoms with E-state index in [9.17, 15) is 97.8 Å². The van der Waals surface area contributed by atoms with Gasteiger partial charge in [-0.05, 0) is 85.0 Å². The molecule has 3 aliphatic heterocycles. The van der Waals surface area contributed by atoms with Crippen molar-refractivity contribution in [3.05, 3.63) is 114 Å². The fourth-order valence-electron chi connectivity index (χ4n) is 15.3. The number of phenols is 1. The zero-order chi connectivity index (χ0) is 104. The van der Waals surface area contributed by atoms with Crippen molar-refractivity contribution in [3.63, 3.8) is 0 Å². The molecule has 13 amide bonds. The van der Waals surface area contributed by atoms with Gasteiger partial charge in [-0.2, -0.15) is 32.1 Å². The van der Waals surface area contributed by atoms with E-state index in [1.807, 2.05) is 0 Å². The van der Waals surface area contributed by atoms with Gasteiger partial charge in [0.05, 0.1) is 73.8 Å². The number of phenolic OH excluding ortho intramolecular Hbond substituents is 1. The van der Waals surface area contributed by atoms with Crippen LogP contribution >= 0.6 is 23.5 Å². The van der Waals surface area contributed by atoms with Gasteiger partial charge in [0, 0.05) is 93.5 Å². The minimum atomic E-state index is -4.87. The van der Waals surface area contributed by atoms with Crippen LogP contribution in [0.4, 0.5) is 0 Å². The summed E-state index contributed by atoms with van der Waals surface area (Å²) in [5.74, 6) is -34.8. The Kier molecular flexibility index (Phi) is 42.9. The van der Waals surface area contributed by atoms with Crippen LogP contribution in [0.15, 0.2) is 97.1 Å². The molecule has 4 bridgehead atoms. The quantitative estimate of drug-likeness (QED) is 0.0351. The second-order valence-corrected chi connectivity index (χ2v) is 42.0. The number of carboxylic acids is 4. The number of ketones is 3. The highest BCUT2D eigenvalue weighted by atomic mass is 32.2. The molecule has 0 aliphatic carbocycles. The number of sulfonamides is 2. The fraction of sp³-hybridized carbons (Fsp3) is 0.528. The van der Waals surface area contributed by atoms with Gasteiger partial charge in [0.1, 0.15) is 71.6 Å². The first-order chi connectivity index (χ1) is 65.6. The Bertz CT molecular complexity index is 5480. The highest BCUT2D eigenvalue weighted by Gasteiger charge is 2.46. The number of carboxylic acid groups (broad SMARTS) is 4. The Morgan fingerprint density at radius 2 is 0.914 bits per heavy atom. The van der Waals surface area contributed by atoms with Crippen molar-refractivity contribution in [2.45, 2.75) is 203 Å². The molecule has 0 radical (unpaired) electrons. The lowest BCUT2D eigenvalue weighted by Crippen LogP contribution is -2.65. The number of nitrogens with two attached hydrogens (primary N) is 3. The van der Waals surface area contributed by atoms with Crippen molar-refractivity contribution >= 4 is 172 Å². The number of nitrogens with one attached hydrogen (secondary N) is 12. The predicted octanol–water partition coefficient (Wildman–Crippen LogP) is -4.85. The molecule has 0 saturated carbocycles. The minimum absolute atomic E-state index is 0.189. The number of primary amides is 2. The lowest BCUT2D eigenvalue weighted by Gasteiger charge is -2.35. The van der Waals surface area contributed by atoms with Gasteiger partial charge in [0.2, 0.25) is 96.8 Å². The van der Waals surface area contributed by atoms with E-state index in [0.29, 0.717) is 24.9 Å². The number of benzene rings is 4. The van der Waals surface area contributed by atoms with Crippen LogP contribution in [0.5, 0.6) is 5.75 Å². The van der Waals surface area contributed by atoms with Gasteiger partial charge in [-0.1, -0.05) is 106 Å². The Labute approximate surface area is 814 Å². The third-order valence-electron chi connectivity index (χ3n) is 23.1. The smallest absolute Gasteiger partial charge is 0.305 e. The molecule has 7 rings (SSSR count). The zero-order valence-electron chi connectivity index (χ0n) is 77.6. The van der Waals surface area contributed by atoms with E-state index in [-0.39, 0.29) is 16.9 Å². The van der Waals surface area contributed by atoms with Crippen LogP contribution in [-0.2, 0) is 135 Å². The maximum atomic E-state index is 15.6. The molecule has 3 heterocycles. The second kappa shape index (κ2) is 52.6. The third-order valence-corrected chi connectivity index (χ3v) is 29.5. The van der Waals surface area contributed by atoms with Crippen molar-refractivity contribution in [2.75, 3.05) is 67.2 Å². The van der Waals surface area contributed by atoms with E-state index in [1.54, 1.807) is 48.5 Å². The fourth-order valence-corrected chi connectivity index (χ4v) is 21.4. The molecular weight excluding hydrogens is 1920 g/mol. The minimum Gasteiger partial charge on any atom is -0.508 e. The van der Waals surface area contributed by atoms with E-state index in [1.165, 1.54) is 76.2 Å². The molecule has 24 N–H and O–H groups in total. The number of aliphatic carboxylic acids is 4. The SMILES string of the molecule is CC(N)C(=O)CC1CSCCS(=O)(=O)N2CCN3CC(O)(C2)NCC(NC(=O)C(C)NC(=O)C(Cc2cccc4ccccc24)CC(=O)C(CCC(=O)O)NC(=O)C(CC(N)=O)NC(=O)C(C)NC1=O)C(=O)NC(CCC(=O)O)C(=O)NC(CC(=O)O)C(=O)NC(Cc1ccccc1)C(=O)NC(Cc1ccc(O)cc1)C(=O)NC(CC(=O)O)C(=O)NC(C(C)(C)C)C(=O)CC(C(N)=O)CSCCS3(=O)=O. The lowest BCUT2D eigenvalue weighted by atomic mass is 9.81. The summed E-state index contributed by atoms with van der Waals surface area (Å²) in [4.78, 5) is 283. The first kappa shape index (κ1) is 114. The topological polar surface area (TPSA) is 760 Å². The van der Waals surface area contributed by atoms with Crippen LogP contribution in [0.1, 0.15) is 122 Å². The monoisotopic (exact) mass is 2040 g/mol. The molecule has 18 atom stereocenters. The van der Waals surface area contributed by atoms with E-state index >= 15 is 45.6 Å². The Morgan fingerprint density at radius 3 is 1.43 bits per heavy atom.